The van der Waals surface area contributed by atoms with E-state index in [0.29, 0.717) is 76.6 Å². The van der Waals surface area contributed by atoms with Crippen molar-refractivity contribution in [3.05, 3.63) is 53.6 Å². The van der Waals surface area contributed by atoms with Crippen LogP contribution in [0, 0.1) is 47.4 Å². The number of esters is 1. The third kappa shape index (κ3) is 13.8. The van der Waals surface area contributed by atoms with Crippen LogP contribution in [0.25, 0.3) is 27.9 Å². The summed E-state index contributed by atoms with van der Waals surface area (Å²) in [6, 6.07) is 2.45. The summed E-state index contributed by atoms with van der Waals surface area (Å²) in [6.07, 6.45) is -3.56. The second kappa shape index (κ2) is 23.9. The third-order valence-corrected chi connectivity index (χ3v) is 15.7. The summed E-state index contributed by atoms with van der Waals surface area (Å²) in [7, 11) is 3.18. The molecule has 416 valence electrons. The number of aromatic nitrogens is 2. The van der Waals surface area contributed by atoms with Gasteiger partial charge in [-0.3, -0.25) is 9.88 Å². The Morgan fingerprint density at radius 2 is 1.78 bits per heavy atom. The van der Waals surface area contributed by atoms with E-state index in [1.165, 1.54) is 40.0 Å². The zero-order valence-electron chi connectivity index (χ0n) is 44.0. The summed E-state index contributed by atoms with van der Waals surface area (Å²) in [5.41, 5.74) is 5.98. The van der Waals surface area contributed by atoms with Gasteiger partial charge in [0.05, 0.1) is 30.2 Å². The molecule has 4 atom stereocenters. The van der Waals surface area contributed by atoms with E-state index >= 15 is 4.39 Å². The van der Waals surface area contributed by atoms with Crippen LogP contribution in [-0.2, 0) is 55.0 Å². The molecule has 0 radical (unpaired) electrons. The number of nitrogens with one attached hydrogen (secondary N) is 2. The first-order valence-electron chi connectivity index (χ1n) is 25.5. The molecule has 4 aliphatic rings. The van der Waals surface area contributed by atoms with E-state index in [0.717, 1.165) is 5.56 Å². The van der Waals surface area contributed by atoms with Gasteiger partial charge in [0, 0.05) is 45.4 Å². The van der Waals surface area contributed by atoms with Gasteiger partial charge < -0.3 is 9.64 Å². The molecular weight excluding hydrogens is 1180 g/mol. The van der Waals surface area contributed by atoms with E-state index in [2.05, 4.69) is 27.9 Å². The third-order valence-electron chi connectivity index (χ3n) is 14.5. The molecule has 3 aliphatic heterocycles. The number of rotatable bonds is 12. The number of nitrogens with zero attached hydrogens (tertiary/aromatic N) is 7. The van der Waals surface area contributed by atoms with Crippen LogP contribution >= 0.6 is 0 Å². The number of halogens is 7. The number of fused-ring (bicyclic) bond motifs is 3. The van der Waals surface area contributed by atoms with E-state index in [-0.39, 0.29) is 68.6 Å². The Bertz CT molecular complexity index is 2770. The van der Waals surface area contributed by atoms with Gasteiger partial charge in [-0.2, -0.15) is 13.2 Å². The van der Waals surface area contributed by atoms with Crippen molar-refractivity contribution in [2.75, 3.05) is 64.9 Å². The summed E-state index contributed by atoms with van der Waals surface area (Å²) < 4.78 is 109. The number of benzene rings is 1. The number of cyclic esters (lactones) is 1. The maximum absolute atomic E-state index is 16.7. The first-order valence-corrected chi connectivity index (χ1v) is 26.8. The van der Waals surface area contributed by atoms with Crippen molar-refractivity contribution in [3.63, 3.8) is 0 Å². The van der Waals surface area contributed by atoms with Crippen molar-refractivity contribution < 1.29 is 72.7 Å². The number of hydrogen-bond acceptors (Lipinski definition) is 11. The number of anilines is 1. The van der Waals surface area contributed by atoms with Crippen molar-refractivity contribution in [3.8, 4) is 23.1 Å². The average Bonchev–Trinajstić information content (AvgIpc) is 3.63. The quantitative estimate of drug-likeness (QED) is 0.0805. The van der Waals surface area contributed by atoms with E-state index in [1.807, 2.05) is 57.1 Å². The Balaban J connectivity index is 1.26. The maximum atomic E-state index is 16.7. The van der Waals surface area contributed by atoms with Crippen LogP contribution in [0.5, 0.6) is 0 Å². The van der Waals surface area contributed by atoms with Gasteiger partial charge in [-0.05, 0) is 19.9 Å². The molecule has 22 heteroatoms. The standard InChI is InChI=1S/C54H66F7N9O5.Os/c1-10-69-45-26-42(55)38-25-39(45)41(48(69)40-24-37(28-64-47(40)34(5)74-9)68-20-18-67(19-21-68)30-54(59,60)61)27-52(6,7)31-75-51(73)44-12-11-17-70(65-44)50(72)43(14-16-62-33(38)4)63-29-46(32(2)3)66(8)49(71)36-22-35(23-36)13-15-53(56,57)58;/h4,24-26,28,32,34-36,43-44,46,63,65H,10-12,14,17-23,27,30-31H2,1-3,5-9H3;/q-2;/t34-,35?,36?,43-,44-,46+;/m0./s1. The normalized spacial score (nSPS) is 22.9. The molecule has 3 aromatic rings. The zero-order chi connectivity index (χ0) is 55.6. The van der Waals surface area contributed by atoms with Crippen LogP contribution in [0.2, 0.25) is 0 Å². The van der Waals surface area contributed by atoms with E-state index in [9.17, 15) is 40.7 Å². The van der Waals surface area contributed by atoms with Gasteiger partial charge >= 0.3 is 323 Å². The number of hydrogen-bond donors (Lipinski definition) is 2. The molecule has 2 N–H and O–H groups in total. The number of aryl methyl sites for hydroxylation is 1. The van der Waals surface area contributed by atoms with Gasteiger partial charge in [-0.25, -0.2) is 0 Å². The number of aliphatic imine (C=N–C) groups is 1. The molecule has 2 amide bonds. The number of carbonyl (C=O) groups is 3. The van der Waals surface area contributed by atoms with Gasteiger partial charge in [0.15, 0.2) is 0 Å². The second-order valence-corrected chi connectivity index (χ2v) is 22.6. The monoisotopic (exact) mass is 1250 g/mol. The van der Waals surface area contributed by atoms with Crippen LogP contribution < -0.4 is 15.6 Å². The molecule has 2 saturated heterocycles. The number of carbonyl (C=O) groups excluding carboxylic acids is 3. The van der Waals surface area contributed by atoms with Crippen molar-refractivity contribution in [1.82, 2.24) is 35.1 Å². The van der Waals surface area contributed by atoms with Crippen LogP contribution in [0.1, 0.15) is 96.6 Å². The molecule has 1 aromatic carbocycles. The average molecular weight is 1240 g/mol. The van der Waals surface area contributed by atoms with Crippen molar-refractivity contribution >= 4 is 50.5 Å². The van der Waals surface area contributed by atoms with Crippen LogP contribution in [0.4, 0.5) is 36.4 Å². The minimum absolute atomic E-state index is 0.0382. The molecule has 0 spiro atoms. The molecule has 76 heavy (non-hydrogen) atoms. The van der Waals surface area contributed by atoms with Crippen LogP contribution in [-0.4, -0.2) is 143 Å². The zero-order valence-corrected chi connectivity index (χ0v) is 46.5. The fourth-order valence-electron chi connectivity index (χ4n) is 10.5. The fraction of sp³-hybridized carbons (Fsp3) is 0.593. The molecule has 2 aromatic heterocycles. The minimum atomic E-state index is -4.62. The Hall–Kier alpha value is -5.05. The number of piperazine rings is 1. The van der Waals surface area contributed by atoms with Gasteiger partial charge in [-0.1, -0.05) is 0 Å². The molecule has 5 heterocycles. The molecule has 1 saturated carbocycles. The van der Waals surface area contributed by atoms with Crippen molar-refractivity contribution in [1.29, 1.82) is 0 Å². The van der Waals surface area contributed by atoms with Crippen molar-refractivity contribution in [2.24, 2.45) is 28.2 Å². The second-order valence-electron chi connectivity index (χ2n) is 21.2. The Morgan fingerprint density at radius 3 is 2.41 bits per heavy atom. The molecule has 4 bridgehead atoms. The van der Waals surface area contributed by atoms with Crippen molar-refractivity contribution in [2.45, 2.75) is 123 Å². The topological polar surface area (TPSA) is 137 Å². The number of methoxy groups -OCH3 is 1. The number of alkyl halides is 6. The number of ether oxygens (including phenoxy) is 2. The predicted octanol–water partition coefficient (Wildman–Crippen LogP) is 7.70. The van der Waals surface area contributed by atoms with Gasteiger partial charge in [0.2, 0.25) is 0 Å². The first kappa shape index (κ1) is 58.6. The summed E-state index contributed by atoms with van der Waals surface area (Å²) in [6.45, 7) is 18.7. The molecule has 0 unspecified atom stereocenters. The van der Waals surface area contributed by atoms with Crippen LogP contribution in [0.3, 0.4) is 0 Å². The van der Waals surface area contributed by atoms with Gasteiger partial charge in [-0.15, -0.1) is 0 Å². The van der Waals surface area contributed by atoms with Gasteiger partial charge in [0.1, 0.15) is 0 Å². The Kier molecular flexibility index (Phi) is 18.4. The molecular formula is C54H66F7N9O5Os-2. The summed E-state index contributed by atoms with van der Waals surface area (Å²) in [4.78, 5) is 56.6. The number of hydrazine groups is 1. The SMILES string of the molecule is [CH-]=C1N=[C-]C[C@H](N[C](=[Os])[C@H](C(C)C)N(C)C(=O)C2CC(C#CC(F)(F)F)C2)C(=O)N2CCC[C@H](N2)C(=O)OCC(C)(C)Cc2c(-c3cc(N4CCN(CC(F)(F)F)CC4)cnc3[C@H](C)OC)n(CC)c3cc(F)c1cc23. The van der Waals surface area contributed by atoms with E-state index < -0.39 is 78.1 Å². The molecule has 1 aliphatic carbocycles. The van der Waals surface area contributed by atoms with E-state index in [4.69, 9.17) is 21.0 Å². The van der Waals surface area contributed by atoms with Gasteiger partial charge in [0.25, 0.3) is 0 Å². The Morgan fingerprint density at radius 1 is 1.08 bits per heavy atom. The Labute approximate surface area is 449 Å². The number of likely N-dealkylation sites (N-methyl/N-ethyl adjacent to an activating group) is 1. The van der Waals surface area contributed by atoms with E-state index in [1.54, 1.807) is 31.3 Å². The summed E-state index contributed by atoms with van der Waals surface area (Å²) in [5.74, 6) is 0.284. The first-order chi connectivity index (χ1) is 35.7. The molecule has 7 rings (SSSR count). The summed E-state index contributed by atoms with van der Waals surface area (Å²) in [5, 5.41) is 5.29. The molecule has 3 fully saturated rings. The predicted molar refractivity (Wildman–Crippen MR) is 270 cm³/mol. The van der Waals surface area contributed by atoms with Crippen LogP contribution in [0.15, 0.2) is 29.4 Å². The fourth-order valence-corrected chi connectivity index (χ4v) is 12.3. The molecule has 14 nitrogen and oxygen atoms in total. The summed E-state index contributed by atoms with van der Waals surface area (Å²) >= 11 is 1.46. The number of pyridine rings is 1. The number of amides is 2.